The number of thioether (sulfide) groups is 2. The predicted octanol–water partition coefficient (Wildman–Crippen LogP) is 3.60. The second-order valence-corrected chi connectivity index (χ2v) is 6.22. The number of benzene rings is 1. The van der Waals surface area contributed by atoms with Crippen LogP contribution in [0.2, 0.25) is 0 Å². The highest BCUT2D eigenvalue weighted by atomic mass is 32.2. The van der Waals surface area contributed by atoms with Crippen molar-refractivity contribution in [3.63, 3.8) is 0 Å². The monoisotopic (exact) mass is 322 g/mol. The number of ether oxygens (including phenoxy) is 2. The maximum absolute atomic E-state index is 12.5. The van der Waals surface area contributed by atoms with Gasteiger partial charge in [0.2, 0.25) is 0 Å². The summed E-state index contributed by atoms with van der Waals surface area (Å²) in [5.41, 5.74) is 0.700. The minimum atomic E-state index is -0.264. The molecular formula is C15H14O4S2. The quantitative estimate of drug-likeness (QED) is 0.262. The minimum Gasteiger partial charge on any atom is -0.468 e. The third-order valence-electron chi connectivity index (χ3n) is 2.65. The van der Waals surface area contributed by atoms with Crippen LogP contribution in [-0.4, -0.2) is 25.5 Å². The first-order valence-corrected chi connectivity index (χ1v) is 7.89. The lowest BCUT2D eigenvalue weighted by atomic mass is 10.0. The molecule has 0 bridgehead atoms. The van der Waals surface area contributed by atoms with Crippen LogP contribution < -0.4 is 4.74 Å². The highest BCUT2D eigenvalue weighted by Gasteiger charge is 2.23. The number of carbonyl (C=O) groups is 2. The fourth-order valence-electron chi connectivity index (χ4n) is 1.69. The van der Waals surface area contributed by atoms with E-state index in [0.717, 1.165) is 4.24 Å². The Morgan fingerprint density at radius 2 is 1.71 bits per heavy atom. The zero-order valence-corrected chi connectivity index (χ0v) is 13.3. The summed E-state index contributed by atoms with van der Waals surface area (Å²) in [6.07, 6.45) is 0. The molecule has 0 atom stereocenters. The minimum absolute atomic E-state index is 0.148. The second-order valence-electron chi connectivity index (χ2n) is 4.13. The van der Waals surface area contributed by atoms with Crippen molar-refractivity contribution in [2.24, 2.45) is 0 Å². The molecule has 0 amide bonds. The number of hydrogen-bond donors (Lipinski definition) is 0. The third kappa shape index (κ3) is 4.00. The molecule has 1 heterocycles. The second kappa shape index (κ2) is 7.49. The number of hydrogen-bond acceptors (Lipinski definition) is 6. The number of methoxy groups -OCH3 is 1. The van der Waals surface area contributed by atoms with Crippen LogP contribution in [0.25, 0.3) is 0 Å². The molecule has 0 aromatic heterocycles. The van der Waals surface area contributed by atoms with Crippen molar-refractivity contribution in [1.29, 1.82) is 0 Å². The van der Waals surface area contributed by atoms with Gasteiger partial charge in [-0.25, -0.2) is 0 Å². The summed E-state index contributed by atoms with van der Waals surface area (Å²) >= 11 is 2.79. The maximum atomic E-state index is 12.5. The molecule has 0 saturated heterocycles. The SMILES string of the molecule is COCOc1ccc(C(=O)C(C(C)=O)=C2SC=CS2)cc1. The normalized spacial score (nSPS) is 13.3. The lowest BCUT2D eigenvalue weighted by Gasteiger charge is -2.08. The van der Waals surface area contributed by atoms with E-state index in [9.17, 15) is 9.59 Å². The van der Waals surface area contributed by atoms with Crippen molar-refractivity contribution in [3.05, 3.63) is 50.5 Å². The van der Waals surface area contributed by atoms with E-state index in [1.807, 2.05) is 10.8 Å². The van der Waals surface area contributed by atoms with E-state index in [1.54, 1.807) is 24.3 Å². The number of carbonyl (C=O) groups excluding carboxylic acids is 2. The molecule has 110 valence electrons. The summed E-state index contributed by atoms with van der Waals surface area (Å²) in [4.78, 5) is 24.3. The Hall–Kier alpha value is -1.50. The van der Waals surface area contributed by atoms with Gasteiger partial charge in [0.25, 0.3) is 0 Å². The Kier molecular flexibility index (Phi) is 5.67. The standard InChI is InChI=1S/C15H14O4S2/c1-10(16)13(15-20-7-8-21-15)14(17)11-3-5-12(6-4-11)19-9-18-2/h3-8H,9H2,1-2H3. The number of ketones is 2. The number of Topliss-reactive ketones (excluding diaryl/α,β-unsaturated/α-hetero) is 2. The fraction of sp³-hybridized carbons (Fsp3) is 0.200. The van der Waals surface area contributed by atoms with Gasteiger partial charge >= 0.3 is 0 Å². The highest BCUT2D eigenvalue weighted by Crippen LogP contribution is 2.40. The van der Waals surface area contributed by atoms with Crippen LogP contribution in [0.3, 0.4) is 0 Å². The summed E-state index contributed by atoms with van der Waals surface area (Å²) in [5.74, 6) is 0.120. The van der Waals surface area contributed by atoms with Crippen LogP contribution in [0.1, 0.15) is 17.3 Å². The first-order chi connectivity index (χ1) is 10.1. The van der Waals surface area contributed by atoms with Crippen molar-refractivity contribution >= 4 is 35.1 Å². The van der Waals surface area contributed by atoms with Crippen molar-refractivity contribution < 1.29 is 19.1 Å². The molecule has 0 N–H and O–H groups in total. The van der Waals surface area contributed by atoms with Crippen LogP contribution in [-0.2, 0) is 9.53 Å². The van der Waals surface area contributed by atoms with Gasteiger partial charge in [0.1, 0.15) is 5.75 Å². The van der Waals surface area contributed by atoms with Gasteiger partial charge in [-0.3, -0.25) is 9.59 Å². The van der Waals surface area contributed by atoms with Crippen molar-refractivity contribution in [1.82, 2.24) is 0 Å². The van der Waals surface area contributed by atoms with E-state index in [4.69, 9.17) is 9.47 Å². The van der Waals surface area contributed by atoms with Crippen molar-refractivity contribution in [2.45, 2.75) is 6.92 Å². The van der Waals surface area contributed by atoms with E-state index >= 15 is 0 Å². The maximum Gasteiger partial charge on any atom is 0.198 e. The summed E-state index contributed by atoms with van der Waals surface area (Å²) in [6.45, 7) is 1.56. The topological polar surface area (TPSA) is 52.6 Å². The molecule has 6 heteroatoms. The van der Waals surface area contributed by atoms with Crippen LogP contribution in [0.5, 0.6) is 5.75 Å². The first-order valence-electron chi connectivity index (χ1n) is 6.13. The van der Waals surface area contributed by atoms with Gasteiger partial charge in [-0.15, -0.1) is 0 Å². The number of rotatable bonds is 6. The lowest BCUT2D eigenvalue weighted by Crippen LogP contribution is -2.12. The molecule has 0 aliphatic carbocycles. The van der Waals surface area contributed by atoms with Gasteiger partial charge in [0.05, 0.1) is 9.81 Å². The van der Waals surface area contributed by atoms with Gasteiger partial charge in [0.15, 0.2) is 18.4 Å². The summed E-state index contributed by atoms with van der Waals surface area (Å²) in [7, 11) is 1.54. The summed E-state index contributed by atoms with van der Waals surface area (Å²) < 4.78 is 10.8. The molecule has 1 aromatic rings. The summed E-state index contributed by atoms with van der Waals surface area (Å²) in [6, 6.07) is 6.66. The van der Waals surface area contributed by atoms with Crippen LogP contribution >= 0.6 is 23.5 Å². The van der Waals surface area contributed by atoms with Gasteiger partial charge in [-0.05, 0) is 42.0 Å². The zero-order chi connectivity index (χ0) is 15.2. The van der Waals surface area contributed by atoms with E-state index in [2.05, 4.69) is 0 Å². The molecule has 1 aliphatic rings. The first kappa shape index (κ1) is 15.9. The zero-order valence-electron chi connectivity index (χ0n) is 11.6. The molecule has 1 aliphatic heterocycles. The highest BCUT2D eigenvalue weighted by molar-refractivity contribution is 8.27. The molecule has 0 unspecified atom stereocenters. The van der Waals surface area contributed by atoms with E-state index in [0.29, 0.717) is 11.3 Å². The molecular weight excluding hydrogens is 308 g/mol. The van der Waals surface area contributed by atoms with E-state index in [1.165, 1.54) is 37.6 Å². The van der Waals surface area contributed by atoms with Crippen molar-refractivity contribution in [2.75, 3.05) is 13.9 Å². The average Bonchev–Trinajstić information content (AvgIpc) is 2.99. The Morgan fingerprint density at radius 3 is 2.24 bits per heavy atom. The molecule has 2 rings (SSSR count). The van der Waals surface area contributed by atoms with Crippen molar-refractivity contribution in [3.8, 4) is 5.75 Å². The van der Waals surface area contributed by atoms with Crippen LogP contribution in [0.15, 0.2) is 44.9 Å². The lowest BCUT2D eigenvalue weighted by molar-refractivity contribution is -0.113. The van der Waals surface area contributed by atoms with Crippen LogP contribution in [0.4, 0.5) is 0 Å². The Morgan fingerprint density at radius 1 is 1.10 bits per heavy atom. The number of allylic oxidation sites excluding steroid dienone is 1. The van der Waals surface area contributed by atoms with E-state index < -0.39 is 0 Å². The molecule has 1 aromatic carbocycles. The molecule has 0 saturated carbocycles. The summed E-state index contributed by atoms with van der Waals surface area (Å²) in [5, 5.41) is 3.72. The van der Waals surface area contributed by atoms with Gasteiger partial charge < -0.3 is 9.47 Å². The van der Waals surface area contributed by atoms with Gasteiger partial charge in [-0.1, -0.05) is 23.5 Å². The van der Waals surface area contributed by atoms with Gasteiger partial charge in [0, 0.05) is 12.7 Å². The Bertz CT molecular complexity index is 593. The Labute approximate surface area is 131 Å². The van der Waals surface area contributed by atoms with E-state index in [-0.39, 0.29) is 23.9 Å². The average molecular weight is 322 g/mol. The molecule has 0 radical (unpaired) electrons. The largest absolute Gasteiger partial charge is 0.468 e. The molecule has 0 spiro atoms. The predicted molar refractivity (Wildman–Crippen MR) is 85.3 cm³/mol. The smallest absolute Gasteiger partial charge is 0.198 e. The fourth-order valence-corrected chi connectivity index (χ4v) is 3.65. The molecule has 21 heavy (non-hydrogen) atoms. The third-order valence-corrected chi connectivity index (χ3v) is 4.78. The Balaban J connectivity index is 2.22. The molecule has 0 fully saturated rings. The molecule has 4 nitrogen and oxygen atoms in total. The van der Waals surface area contributed by atoms with Gasteiger partial charge in [-0.2, -0.15) is 0 Å². The van der Waals surface area contributed by atoms with Crippen LogP contribution in [0, 0.1) is 0 Å².